The van der Waals surface area contributed by atoms with E-state index < -0.39 is 0 Å². The molecule has 1 heterocycles. The van der Waals surface area contributed by atoms with Crippen LogP contribution in [0.1, 0.15) is 71.9 Å². The summed E-state index contributed by atoms with van der Waals surface area (Å²) in [5.74, 6) is 0. The predicted octanol–water partition coefficient (Wildman–Crippen LogP) is 7.09. The van der Waals surface area contributed by atoms with Gasteiger partial charge in [0.25, 0.3) is 0 Å². The Hall–Kier alpha value is -1.76. The van der Waals surface area contributed by atoms with E-state index in [9.17, 15) is 0 Å². The largest absolute Gasteiger partial charge is 0.355 e. The third-order valence-electron chi connectivity index (χ3n) is 5.40. The Morgan fingerprint density at radius 3 is 1.88 bits per heavy atom. The van der Waals surface area contributed by atoms with E-state index in [4.69, 9.17) is 0 Å². The van der Waals surface area contributed by atoms with Crippen LogP contribution >= 0.6 is 0 Å². The highest BCUT2D eigenvalue weighted by Crippen LogP contribution is 2.35. The zero-order valence-electron chi connectivity index (χ0n) is 16.1. The van der Waals surface area contributed by atoms with Gasteiger partial charge in [-0.05, 0) is 52.6 Å². The molecule has 0 aliphatic carbocycles. The van der Waals surface area contributed by atoms with E-state index in [1.165, 1.54) is 52.2 Å². The van der Waals surface area contributed by atoms with Crippen LogP contribution in [0, 0.1) is 0 Å². The van der Waals surface area contributed by atoms with Crippen LogP contribution in [0.2, 0.25) is 0 Å². The lowest BCUT2D eigenvalue weighted by Gasteiger charge is -2.25. The Bertz CT molecular complexity index is 859. The molecular formula is C23H31N. The van der Waals surface area contributed by atoms with Crippen molar-refractivity contribution in [3.05, 3.63) is 47.5 Å². The van der Waals surface area contributed by atoms with Crippen LogP contribution in [-0.2, 0) is 10.8 Å². The number of fused-ring (bicyclic) bond motifs is 3. The number of hydrogen-bond acceptors (Lipinski definition) is 0. The first kappa shape index (κ1) is 17.1. The Labute approximate surface area is 146 Å². The fraction of sp³-hybridized carbons (Fsp3) is 0.478. The number of aromatic nitrogens is 1. The first-order chi connectivity index (χ1) is 11.2. The van der Waals surface area contributed by atoms with Gasteiger partial charge in [0.2, 0.25) is 0 Å². The maximum Gasteiger partial charge on any atom is 0.0465 e. The normalized spacial score (nSPS) is 13.1. The molecule has 0 atom stereocenters. The third-order valence-corrected chi connectivity index (χ3v) is 5.40. The van der Waals surface area contributed by atoms with Crippen molar-refractivity contribution < 1.29 is 0 Å². The summed E-state index contributed by atoms with van der Waals surface area (Å²) in [6, 6.07) is 13.8. The van der Waals surface area contributed by atoms with Gasteiger partial charge in [0, 0.05) is 21.8 Å². The van der Waals surface area contributed by atoms with Crippen LogP contribution in [0.15, 0.2) is 36.4 Å². The highest BCUT2D eigenvalue weighted by Gasteiger charge is 2.21. The van der Waals surface area contributed by atoms with E-state index in [0.717, 1.165) is 0 Å². The van der Waals surface area contributed by atoms with Gasteiger partial charge in [0.1, 0.15) is 0 Å². The summed E-state index contributed by atoms with van der Waals surface area (Å²) in [6.45, 7) is 13.9. The number of unbranched alkanes of at least 4 members (excludes halogenated alkanes) is 1. The molecular weight excluding hydrogens is 290 g/mol. The molecule has 1 nitrogen and oxygen atoms in total. The molecule has 128 valence electrons. The summed E-state index contributed by atoms with van der Waals surface area (Å²) < 4.78 is 0. The molecule has 3 aromatic rings. The minimum atomic E-state index is 0.176. The molecule has 0 unspecified atom stereocenters. The lowest BCUT2D eigenvalue weighted by atomic mass is 9.79. The second-order valence-electron chi connectivity index (χ2n) is 8.88. The SMILES string of the molecule is CCCCC(C)(C)c1ccc2[nH]c3ccc(C(C)(C)C)cc3c2c1. The van der Waals surface area contributed by atoms with Crippen molar-refractivity contribution in [1.82, 2.24) is 4.98 Å². The average Bonchev–Trinajstić information content (AvgIpc) is 2.89. The standard InChI is InChI=1S/C23H31N/c1-7-8-13-23(5,6)17-10-12-21-19(15-17)18-14-16(22(2,3)4)9-11-20(18)24-21/h9-12,14-15,24H,7-8,13H2,1-6H3. The molecule has 0 aliphatic heterocycles. The second kappa shape index (κ2) is 5.95. The molecule has 0 bridgehead atoms. The van der Waals surface area contributed by atoms with E-state index >= 15 is 0 Å². The Morgan fingerprint density at radius 1 is 0.792 bits per heavy atom. The van der Waals surface area contributed by atoms with Crippen LogP contribution in [0.5, 0.6) is 0 Å². The van der Waals surface area contributed by atoms with Crippen molar-refractivity contribution in [1.29, 1.82) is 0 Å². The van der Waals surface area contributed by atoms with Crippen molar-refractivity contribution in [3.63, 3.8) is 0 Å². The van der Waals surface area contributed by atoms with Crippen molar-refractivity contribution in [2.45, 2.75) is 71.6 Å². The molecule has 0 saturated heterocycles. The van der Waals surface area contributed by atoms with Crippen LogP contribution in [0.4, 0.5) is 0 Å². The molecule has 0 radical (unpaired) electrons. The maximum absolute atomic E-state index is 3.58. The Balaban J connectivity index is 2.15. The van der Waals surface area contributed by atoms with Crippen LogP contribution in [-0.4, -0.2) is 4.98 Å². The first-order valence-corrected chi connectivity index (χ1v) is 9.29. The molecule has 1 aromatic heterocycles. The van der Waals surface area contributed by atoms with Gasteiger partial charge >= 0.3 is 0 Å². The molecule has 3 rings (SSSR count). The topological polar surface area (TPSA) is 15.8 Å². The predicted molar refractivity (Wildman–Crippen MR) is 107 cm³/mol. The number of nitrogens with one attached hydrogen (secondary N) is 1. The van der Waals surface area contributed by atoms with E-state index in [-0.39, 0.29) is 10.8 Å². The molecule has 0 spiro atoms. The molecule has 0 aliphatic rings. The highest BCUT2D eigenvalue weighted by atomic mass is 14.7. The van der Waals surface area contributed by atoms with Crippen molar-refractivity contribution in [3.8, 4) is 0 Å². The summed E-state index contributed by atoms with van der Waals surface area (Å²) in [7, 11) is 0. The van der Waals surface area contributed by atoms with Crippen molar-refractivity contribution in [2.75, 3.05) is 0 Å². The molecule has 1 heteroatoms. The number of aromatic amines is 1. The number of rotatable bonds is 4. The molecule has 0 fully saturated rings. The van der Waals surface area contributed by atoms with Crippen LogP contribution < -0.4 is 0 Å². The fourth-order valence-electron chi connectivity index (χ4n) is 3.55. The van der Waals surface area contributed by atoms with Gasteiger partial charge in [0.15, 0.2) is 0 Å². The Morgan fingerprint density at radius 2 is 1.33 bits per heavy atom. The maximum atomic E-state index is 3.58. The van der Waals surface area contributed by atoms with Crippen molar-refractivity contribution in [2.24, 2.45) is 0 Å². The van der Waals surface area contributed by atoms with Gasteiger partial charge in [-0.15, -0.1) is 0 Å². The summed E-state index contributed by atoms with van der Waals surface area (Å²) >= 11 is 0. The molecule has 24 heavy (non-hydrogen) atoms. The van der Waals surface area contributed by atoms with Gasteiger partial charge in [0.05, 0.1) is 0 Å². The Kier molecular flexibility index (Phi) is 4.23. The van der Waals surface area contributed by atoms with Crippen molar-refractivity contribution >= 4 is 21.8 Å². The molecule has 0 amide bonds. The van der Waals surface area contributed by atoms with Gasteiger partial charge in [-0.3, -0.25) is 0 Å². The quantitative estimate of drug-likeness (QED) is 0.528. The van der Waals surface area contributed by atoms with Crippen LogP contribution in [0.3, 0.4) is 0 Å². The van der Waals surface area contributed by atoms with Gasteiger partial charge in [-0.2, -0.15) is 0 Å². The lowest BCUT2D eigenvalue weighted by Crippen LogP contribution is -2.16. The number of hydrogen-bond donors (Lipinski definition) is 1. The first-order valence-electron chi connectivity index (χ1n) is 9.29. The molecule has 2 aromatic carbocycles. The third kappa shape index (κ3) is 3.09. The van der Waals surface area contributed by atoms with E-state index in [2.05, 4.69) is 82.9 Å². The summed E-state index contributed by atoms with van der Waals surface area (Å²) in [6.07, 6.45) is 3.78. The summed E-state index contributed by atoms with van der Waals surface area (Å²) in [4.78, 5) is 3.58. The smallest absolute Gasteiger partial charge is 0.0465 e. The minimum Gasteiger partial charge on any atom is -0.355 e. The number of H-pyrrole nitrogens is 1. The van der Waals surface area contributed by atoms with E-state index in [0.29, 0.717) is 0 Å². The summed E-state index contributed by atoms with van der Waals surface area (Å²) in [5, 5.41) is 2.71. The minimum absolute atomic E-state index is 0.176. The lowest BCUT2D eigenvalue weighted by molar-refractivity contribution is 0.458. The average molecular weight is 322 g/mol. The highest BCUT2D eigenvalue weighted by molar-refractivity contribution is 6.07. The molecule has 1 N–H and O–H groups in total. The van der Waals surface area contributed by atoms with Gasteiger partial charge in [-0.25, -0.2) is 0 Å². The van der Waals surface area contributed by atoms with Gasteiger partial charge in [-0.1, -0.05) is 66.5 Å². The molecule has 0 saturated carbocycles. The van der Waals surface area contributed by atoms with E-state index in [1.807, 2.05) is 0 Å². The fourth-order valence-corrected chi connectivity index (χ4v) is 3.55. The van der Waals surface area contributed by atoms with Gasteiger partial charge < -0.3 is 4.98 Å². The van der Waals surface area contributed by atoms with E-state index in [1.54, 1.807) is 0 Å². The summed E-state index contributed by atoms with van der Waals surface area (Å²) in [5.41, 5.74) is 5.73. The number of benzene rings is 2. The van der Waals surface area contributed by atoms with Crippen LogP contribution in [0.25, 0.3) is 21.8 Å². The zero-order chi connectivity index (χ0) is 17.5. The second-order valence-corrected chi connectivity index (χ2v) is 8.88. The monoisotopic (exact) mass is 321 g/mol. The zero-order valence-corrected chi connectivity index (χ0v) is 16.1.